The molecule has 0 saturated heterocycles. The van der Waals surface area contributed by atoms with Gasteiger partial charge in [-0.05, 0) is 17.0 Å². The van der Waals surface area contributed by atoms with E-state index in [2.05, 4.69) is 4.98 Å². The SMILES string of the molecule is CC(C)(C)C(=O)Cc1ccc([N+](=O)[O-])c2cnccc12. The van der Waals surface area contributed by atoms with E-state index < -0.39 is 10.3 Å². The Balaban J connectivity index is 2.54. The Labute approximate surface area is 116 Å². The smallest absolute Gasteiger partial charge is 0.278 e. The molecule has 20 heavy (non-hydrogen) atoms. The highest BCUT2D eigenvalue weighted by molar-refractivity contribution is 5.96. The van der Waals surface area contributed by atoms with Crippen molar-refractivity contribution in [2.45, 2.75) is 27.2 Å². The molecular formula is C15H16N2O3. The second-order valence-electron chi connectivity index (χ2n) is 5.77. The molecule has 0 unspecified atom stereocenters. The lowest BCUT2D eigenvalue weighted by Crippen LogP contribution is -2.22. The third-order valence-electron chi connectivity index (χ3n) is 3.27. The summed E-state index contributed by atoms with van der Waals surface area (Å²) >= 11 is 0. The van der Waals surface area contributed by atoms with Gasteiger partial charge in [0.1, 0.15) is 5.78 Å². The number of pyridine rings is 1. The Bertz CT molecular complexity index is 687. The van der Waals surface area contributed by atoms with Crippen molar-refractivity contribution in [2.75, 3.05) is 0 Å². The monoisotopic (exact) mass is 272 g/mol. The topological polar surface area (TPSA) is 73.1 Å². The lowest BCUT2D eigenvalue weighted by atomic mass is 9.86. The third-order valence-corrected chi connectivity index (χ3v) is 3.27. The molecule has 0 radical (unpaired) electrons. The van der Waals surface area contributed by atoms with E-state index in [1.807, 2.05) is 20.8 Å². The number of aromatic nitrogens is 1. The Kier molecular flexibility index (Phi) is 3.53. The van der Waals surface area contributed by atoms with Crippen LogP contribution in [0.1, 0.15) is 26.3 Å². The Morgan fingerprint density at radius 2 is 1.95 bits per heavy atom. The van der Waals surface area contributed by atoms with Gasteiger partial charge in [0.15, 0.2) is 0 Å². The molecule has 5 heteroatoms. The van der Waals surface area contributed by atoms with Crippen LogP contribution in [0.3, 0.4) is 0 Å². The fraction of sp³-hybridized carbons (Fsp3) is 0.333. The number of carbonyl (C=O) groups is 1. The maximum absolute atomic E-state index is 12.1. The molecule has 0 atom stereocenters. The number of rotatable bonds is 3. The molecule has 0 aliphatic carbocycles. The normalized spacial score (nSPS) is 11.6. The van der Waals surface area contributed by atoms with Gasteiger partial charge in [-0.3, -0.25) is 19.9 Å². The molecule has 5 nitrogen and oxygen atoms in total. The number of non-ortho nitro benzene ring substituents is 1. The summed E-state index contributed by atoms with van der Waals surface area (Å²) in [6.07, 6.45) is 3.32. The van der Waals surface area contributed by atoms with E-state index in [0.29, 0.717) is 10.8 Å². The number of nitrogens with zero attached hydrogens (tertiary/aromatic N) is 2. The lowest BCUT2D eigenvalue weighted by Gasteiger charge is -2.17. The van der Waals surface area contributed by atoms with Gasteiger partial charge in [-0.15, -0.1) is 0 Å². The summed E-state index contributed by atoms with van der Waals surface area (Å²) in [7, 11) is 0. The summed E-state index contributed by atoms with van der Waals surface area (Å²) in [5, 5.41) is 12.2. The zero-order valence-corrected chi connectivity index (χ0v) is 11.7. The number of Topliss-reactive ketones (excluding diaryl/α,β-unsaturated/α-hetero) is 1. The standard InChI is InChI=1S/C15H16N2O3/c1-15(2,3)14(18)8-10-4-5-13(17(19)20)12-9-16-7-6-11(10)12/h4-7,9H,8H2,1-3H3. The van der Waals surface area contributed by atoms with Crippen LogP contribution in [0.2, 0.25) is 0 Å². The van der Waals surface area contributed by atoms with Gasteiger partial charge in [0, 0.05) is 30.3 Å². The average molecular weight is 272 g/mol. The van der Waals surface area contributed by atoms with Gasteiger partial charge in [-0.25, -0.2) is 0 Å². The third kappa shape index (κ3) is 2.66. The van der Waals surface area contributed by atoms with Crippen LogP contribution in [-0.4, -0.2) is 15.7 Å². The molecule has 104 valence electrons. The van der Waals surface area contributed by atoms with Crippen LogP contribution in [-0.2, 0) is 11.2 Å². The van der Waals surface area contributed by atoms with Crippen molar-refractivity contribution in [1.29, 1.82) is 0 Å². The summed E-state index contributed by atoms with van der Waals surface area (Å²) in [6, 6.07) is 4.81. The summed E-state index contributed by atoms with van der Waals surface area (Å²) in [5.41, 5.74) is 0.384. The van der Waals surface area contributed by atoms with Crippen molar-refractivity contribution in [3.05, 3.63) is 46.3 Å². The molecule has 2 rings (SSSR count). The van der Waals surface area contributed by atoms with Crippen molar-refractivity contribution in [2.24, 2.45) is 5.41 Å². The van der Waals surface area contributed by atoms with E-state index in [4.69, 9.17) is 0 Å². The highest BCUT2D eigenvalue weighted by Gasteiger charge is 2.23. The molecule has 1 aromatic carbocycles. The first kappa shape index (κ1) is 14.1. The van der Waals surface area contributed by atoms with Crippen LogP contribution in [0.25, 0.3) is 10.8 Å². The van der Waals surface area contributed by atoms with Crippen LogP contribution in [0.4, 0.5) is 5.69 Å². The zero-order chi connectivity index (χ0) is 14.9. The molecule has 2 aromatic rings. The van der Waals surface area contributed by atoms with Gasteiger partial charge in [-0.2, -0.15) is 0 Å². The number of hydrogen-bond acceptors (Lipinski definition) is 4. The van der Waals surface area contributed by atoms with Crippen molar-refractivity contribution in [3.8, 4) is 0 Å². The summed E-state index contributed by atoms with van der Waals surface area (Å²) in [6.45, 7) is 5.60. The van der Waals surface area contributed by atoms with E-state index in [9.17, 15) is 14.9 Å². The first-order chi connectivity index (χ1) is 9.30. The van der Waals surface area contributed by atoms with E-state index in [0.717, 1.165) is 5.56 Å². The minimum absolute atomic E-state index is 0.0139. The molecule has 0 fully saturated rings. The molecule has 0 aliphatic heterocycles. The molecule has 0 bridgehead atoms. The molecule has 0 aliphatic rings. The van der Waals surface area contributed by atoms with Crippen molar-refractivity contribution >= 4 is 22.2 Å². The summed E-state index contributed by atoms with van der Waals surface area (Å²) in [4.78, 5) is 26.7. The van der Waals surface area contributed by atoms with Crippen LogP contribution >= 0.6 is 0 Å². The summed E-state index contributed by atoms with van der Waals surface area (Å²) < 4.78 is 0. The molecule has 0 N–H and O–H groups in total. The van der Waals surface area contributed by atoms with E-state index >= 15 is 0 Å². The fourth-order valence-corrected chi connectivity index (χ4v) is 1.99. The Morgan fingerprint density at radius 3 is 2.55 bits per heavy atom. The second kappa shape index (κ2) is 5.00. The first-order valence-electron chi connectivity index (χ1n) is 6.34. The van der Waals surface area contributed by atoms with E-state index in [1.165, 1.54) is 12.3 Å². The maximum Gasteiger partial charge on any atom is 0.278 e. The quantitative estimate of drug-likeness (QED) is 0.634. The number of carbonyl (C=O) groups excluding carboxylic acids is 1. The number of nitro benzene ring substituents is 1. The second-order valence-corrected chi connectivity index (χ2v) is 5.77. The molecule has 0 spiro atoms. The summed E-state index contributed by atoms with van der Waals surface area (Å²) in [5.74, 6) is 0.101. The molecule has 1 aromatic heterocycles. The first-order valence-corrected chi connectivity index (χ1v) is 6.34. The van der Waals surface area contributed by atoms with Crippen molar-refractivity contribution in [1.82, 2.24) is 4.98 Å². The zero-order valence-electron chi connectivity index (χ0n) is 11.7. The number of hydrogen-bond donors (Lipinski definition) is 0. The lowest BCUT2D eigenvalue weighted by molar-refractivity contribution is -0.383. The number of nitro groups is 1. The largest absolute Gasteiger partial charge is 0.299 e. The number of ketones is 1. The predicted molar refractivity (Wildman–Crippen MR) is 76.6 cm³/mol. The minimum atomic E-state index is -0.431. The van der Waals surface area contributed by atoms with E-state index in [-0.39, 0.29) is 17.9 Å². The predicted octanol–water partition coefficient (Wildman–Crippen LogP) is 3.30. The minimum Gasteiger partial charge on any atom is -0.299 e. The average Bonchev–Trinajstić information content (AvgIpc) is 2.37. The molecule has 0 amide bonds. The van der Waals surface area contributed by atoms with Gasteiger partial charge in [0.2, 0.25) is 0 Å². The van der Waals surface area contributed by atoms with Crippen LogP contribution in [0, 0.1) is 15.5 Å². The Hall–Kier alpha value is -2.30. The van der Waals surface area contributed by atoms with Gasteiger partial charge in [0.25, 0.3) is 5.69 Å². The highest BCUT2D eigenvalue weighted by atomic mass is 16.6. The van der Waals surface area contributed by atoms with Gasteiger partial charge >= 0.3 is 0 Å². The molecule has 0 saturated carbocycles. The Morgan fingerprint density at radius 1 is 1.25 bits per heavy atom. The number of fused-ring (bicyclic) bond motifs is 1. The fourth-order valence-electron chi connectivity index (χ4n) is 1.99. The van der Waals surface area contributed by atoms with Gasteiger partial charge < -0.3 is 0 Å². The maximum atomic E-state index is 12.1. The van der Waals surface area contributed by atoms with Crippen molar-refractivity contribution in [3.63, 3.8) is 0 Å². The van der Waals surface area contributed by atoms with Crippen LogP contribution in [0.5, 0.6) is 0 Å². The van der Waals surface area contributed by atoms with Crippen LogP contribution < -0.4 is 0 Å². The van der Waals surface area contributed by atoms with Gasteiger partial charge in [-0.1, -0.05) is 26.8 Å². The molecular weight excluding hydrogens is 256 g/mol. The van der Waals surface area contributed by atoms with Crippen LogP contribution in [0.15, 0.2) is 30.6 Å². The van der Waals surface area contributed by atoms with Gasteiger partial charge in [0.05, 0.1) is 10.3 Å². The number of benzene rings is 1. The molecule has 1 heterocycles. The highest BCUT2D eigenvalue weighted by Crippen LogP contribution is 2.29. The van der Waals surface area contributed by atoms with E-state index in [1.54, 1.807) is 18.3 Å². The van der Waals surface area contributed by atoms with Crippen molar-refractivity contribution < 1.29 is 9.72 Å².